The van der Waals surface area contributed by atoms with Gasteiger partial charge in [-0.1, -0.05) is 0 Å². The van der Waals surface area contributed by atoms with E-state index < -0.39 is 28.9 Å². The molecular weight excluding hydrogens is 892 g/mol. The van der Waals surface area contributed by atoms with Gasteiger partial charge in [-0.15, -0.1) is 0 Å². The number of halogens is 6. The molecule has 0 fully saturated rings. The van der Waals surface area contributed by atoms with Crippen molar-refractivity contribution in [3.05, 3.63) is 144 Å². The summed E-state index contributed by atoms with van der Waals surface area (Å²) in [6.07, 6.45) is 8.79. The van der Waals surface area contributed by atoms with Gasteiger partial charge in [0, 0.05) is 0 Å². The van der Waals surface area contributed by atoms with Gasteiger partial charge in [0.05, 0.1) is 0 Å². The molecule has 2 aliphatic carbocycles. The second-order valence-corrected chi connectivity index (χ2v) is 30.1. The van der Waals surface area contributed by atoms with Crippen LogP contribution < -0.4 is 3.27 Å². The van der Waals surface area contributed by atoms with Crippen molar-refractivity contribution in [1.29, 1.82) is 0 Å². The van der Waals surface area contributed by atoms with Gasteiger partial charge >= 0.3 is 378 Å². The van der Waals surface area contributed by atoms with Gasteiger partial charge in [-0.25, -0.2) is 0 Å². The molecule has 4 aromatic rings. The fourth-order valence-electron chi connectivity index (χ4n) is 8.45. The zero-order valence-corrected chi connectivity index (χ0v) is 41.8. The van der Waals surface area contributed by atoms with Gasteiger partial charge in [0.25, 0.3) is 0 Å². The Kier molecular flexibility index (Phi) is 12.2. The van der Waals surface area contributed by atoms with Crippen molar-refractivity contribution < 1.29 is 21.3 Å². The van der Waals surface area contributed by atoms with Crippen LogP contribution in [0.1, 0.15) is 145 Å². The van der Waals surface area contributed by atoms with Gasteiger partial charge in [0.1, 0.15) is 0 Å². The molecule has 2 aliphatic rings. The molecule has 0 radical (unpaired) electrons. The van der Waals surface area contributed by atoms with Gasteiger partial charge < -0.3 is 0 Å². The first-order chi connectivity index (χ1) is 25.6. The Morgan fingerprint density at radius 3 is 1.38 bits per heavy atom. The Morgan fingerprint density at radius 1 is 0.536 bits per heavy atom. The molecule has 0 atom stereocenters. The predicted molar refractivity (Wildman–Crippen MR) is 246 cm³/mol. The Labute approximate surface area is 374 Å². The van der Waals surface area contributed by atoms with Crippen molar-refractivity contribution in [3.63, 3.8) is 0 Å². The summed E-state index contributed by atoms with van der Waals surface area (Å²) in [6, 6.07) is 24.1. The first-order valence-corrected chi connectivity index (χ1v) is 25.4. The third kappa shape index (κ3) is 8.97. The normalized spacial score (nSPS) is 14.9. The Balaban J connectivity index is 1.84. The fourth-order valence-corrected chi connectivity index (χ4v) is 18.2. The van der Waals surface area contributed by atoms with E-state index in [1.54, 1.807) is 3.27 Å². The quantitative estimate of drug-likeness (QED) is 0.158. The van der Waals surface area contributed by atoms with Gasteiger partial charge in [-0.3, -0.25) is 0 Å². The Hall–Kier alpha value is -1.15. The molecule has 4 aromatic carbocycles. The van der Waals surface area contributed by atoms with Crippen LogP contribution in [0.3, 0.4) is 0 Å². The molecule has 7 heteroatoms. The van der Waals surface area contributed by atoms with Crippen molar-refractivity contribution in [3.8, 4) is 11.1 Å². The molecule has 0 spiro atoms. The molecule has 0 saturated carbocycles. The summed E-state index contributed by atoms with van der Waals surface area (Å²) in [5.74, 6) is 0. The van der Waals surface area contributed by atoms with E-state index in [1.165, 1.54) is 51.0 Å². The van der Waals surface area contributed by atoms with Crippen LogP contribution in [0, 0.1) is 0 Å². The SMILES string of the molecule is CC(C)(C)c1cc2c(cc1C(C)(C)C)-c1cc(C(C)(C)C)c(C(C)(C)C)[c]([Zr]([C]3=CC=CC3)=[C](c3ccc(C(Cl)(Cl)Cl)cc3)c3ccc(C(Cl)(Cl)Cl)cc3)c1C2. The molecule has 296 valence electrons. The second kappa shape index (κ2) is 15.4. The van der Waals surface area contributed by atoms with Crippen molar-refractivity contribution in [2.24, 2.45) is 0 Å². The molecule has 0 heterocycles. The van der Waals surface area contributed by atoms with Gasteiger partial charge in [-0.2, -0.15) is 0 Å². The molecule has 0 saturated heterocycles. The standard InChI is InChI=1S/C29H41.C15H8Cl6.C5H5.Zr/c1-26(2,3)22-14-18-13-19-15-23(27(4,5)6)25(29(10,11)12)17-21(19)20(18)16-24(22)28(7,8)9;16-14(17,18)12-5-1-10(2-6-12)9-11-3-7-13(8-4-11)15(19,20)21;1-2-4-5-3-1;/h14,16-17H,13H2,1-12H3;1-8H;1-3H,4H2;. The van der Waals surface area contributed by atoms with Crippen LogP contribution in [0.25, 0.3) is 11.1 Å². The summed E-state index contributed by atoms with van der Waals surface area (Å²) in [5, 5.41) is 0. The van der Waals surface area contributed by atoms with Crippen molar-refractivity contribution in [1.82, 2.24) is 0 Å². The van der Waals surface area contributed by atoms with E-state index in [-0.39, 0.29) is 21.7 Å². The van der Waals surface area contributed by atoms with Crippen LogP contribution in [0.2, 0.25) is 0 Å². The maximum absolute atomic E-state index is 6.43. The minimum absolute atomic E-state index is 0.00226. The van der Waals surface area contributed by atoms with E-state index in [9.17, 15) is 0 Å². The summed E-state index contributed by atoms with van der Waals surface area (Å²) < 4.78 is 1.40. The van der Waals surface area contributed by atoms with E-state index in [4.69, 9.17) is 69.6 Å². The molecule has 0 aliphatic heterocycles. The number of rotatable bonds is 4. The van der Waals surface area contributed by atoms with E-state index >= 15 is 0 Å². The van der Waals surface area contributed by atoms with Crippen LogP contribution in [-0.4, -0.2) is 3.21 Å². The van der Waals surface area contributed by atoms with Crippen molar-refractivity contribution in [2.45, 2.75) is 125 Å². The predicted octanol–water partition coefficient (Wildman–Crippen LogP) is 15.5. The summed E-state index contributed by atoms with van der Waals surface area (Å²) >= 11 is 35.3. The minimum atomic E-state index is -3.23. The average molecular weight is 947 g/mol. The molecule has 0 N–H and O–H groups in total. The topological polar surface area (TPSA) is 0 Å². The van der Waals surface area contributed by atoms with Crippen LogP contribution in [0.15, 0.2) is 88.2 Å². The Bertz CT molecular complexity index is 2210. The third-order valence-electron chi connectivity index (χ3n) is 11.1. The first-order valence-electron chi connectivity index (χ1n) is 19.4. The summed E-state index contributed by atoms with van der Waals surface area (Å²) in [7, 11) is 0. The number of allylic oxidation sites excluding steroid dienone is 4. The zero-order valence-electron chi connectivity index (χ0n) is 34.8. The summed E-state index contributed by atoms with van der Waals surface area (Å²) in [6.45, 7) is 28.4. The molecular formula is C49H54Cl6Zr. The summed E-state index contributed by atoms with van der Waals surface area (Å²) in [4.78, 5) is 0. The molecule has 0 aromatic heterocycles. The number of hydrogen-bond donors (Lipinski definition) is 0. The maximum atomic E-state index is 6.43. The zero-order chi connectivity index (χ0) is 41.6. The van der Waals surface area contributed by atoms with Crippen molar-refractivity contribution >= 4 is 76.1 Å². The number of benzene rings is 4. The van der Waals surface area contributed by atoms with Crippen LogP contribution in [-0.2, 0) is 56.9 Å². The number of hydrogen-bond acceptors (Lipinski definition) is 0. The van der Waals surface area contributed by atoms with Gasteiger partial charge in [0.15, 0.2) is 0 Å². The van der Waals surface area contributed by atoms with Crippen LogP contribution in [0.5, 0.6) is 0 Å². The molecule has 0 amide bonds. The molecule has 0 nitrogen and oxygen atoms in total. The average Bonchev–Trinajstić information content (AvgIpc) is 3.72. The van der Waals surface area contributed by atoms with Crippen LogP contribution in [0.4, 0.5) is 0 Å². The summed E-state index contributed by atoms with van der Waals surface area (Å²) in [5.41, 5.74) is 14.7. The third-order valence-corrected chi connectivity index (χ3v) is 20.1. The first kappa shape index (κ1) is 44.4. The van der Waals surface area contributed by atoms with E-state index in [1.807, 2.05) is 24.3 Å². The number of alkyl halides is 6. The fraction of sp³-hybridized carbons (Fsp3) is 0.408. The molecule has 0 unspecified atom stereocenters. The molecule has 56 heavy (non-hydrogen) atoms. The number of fused-ring (bicyclic) bond motifs is 3. The van der Waals surface area contributed by atoms with E-state index in [2.05, 4.69) is 144 Å². The monoisotopic (exact) mass is 942 g/mol. The van der Waals surface area contributed by atoms with Crippen LogP contribution >= 0.6 is 69.6 Å². The molecule has 6 rings (SSSR count). The Morgan fingerprint density at radius 2 is 0.982 bits per heavy atom. The van der Waals surface area contributed by atoms with Crippen molar-refractivity contribution in [2.75, 3.05) is 0 Å². The van der Waals surface area contributed by atoms with E-state index in [0.717, 1.165) is 24.0 Å². The second-order valence-electron chi connectivity index (χ2n) is 19.7. The van der Waals surface area contributed by atoms with Gasteiger partial charge in [-0.05, 0) is 0 Å². The van der Waals surface area contributed by atoms with E-state index in [0.29, 0.717) is 11.1 Å². The van der Waals surface area contributed by atoms with Gasteiger partial charge in [0.2, 0.25) is 0 Å². The molecule has 0 bridgehead atoms.